The van der Waals surface area contributed by atoms with Gasteiger partial charge in [0.25, 0.3) is 5.91 Å². The predicted molar refractivity (Wildman–Crippen MR) is 128 cm³/mol. The van der Waals surface area contributed by atoms with Crippen molar-refractivity contribution in [3.63, 3.8) is 0 Å². The molecule has 0 bridgehead atoms. The molecule has 168 valence electrons. The molecule has 32 heavy (non-hydrogen) atoms. The molecule has 0 radical (unpaired) electrons. The largest absolute Gasteiger partial charge is 0.496 e. The number of amides is 1. The second kappa shape index (κ2) is 8.99. The highest BCUT2D eigenvalue weighted by Crippen LogP contribution is 2.33. The number of aryl methyl sites for hydroxylation is 1. The van der Waals surface area contributed by atoms with Crippen LogP contribution in [0, 0.1) is 5.92 Å². The zero-order valence-electron chi connectivity index (χ0n) is 19.1. The number of hydrogen-bond acceptors (Lipinski definition) is 3. The van der Waals surface area contributed by atoms with Gasteiger partial charge in [-0.1, -0.05) is 37.3 Å². The van der Waals surface area contributed by atoms with E-state index in [1.54, 1.807) is 7.11 Å². The van der Waals surface area contributed by atoms with Gasteiger partial charge in [-0.15, -0.1) is 0 Å². The van der Waals surface area contributed by atoms with E-state index in [2.05, 4.69) is 40.3 Å². The number of aromatic amines is 1. The van der Waals surface area contributed by atoms with Crippen LogP contribution in [0.1, 0.15) is 53.4 Å². The molecule has 0 saturated carbocycles. The van der Waals surface area contributed by atoms with Crippen LogP contribution in [0.5, 0.6) is 5.75 Å². The van der Waals surface area contributed by atoms with E-state index in [1.807, 2.05) is 24.3 Å². The van der Waals surface area contributed by atoms with Crippen LogP contribution in [-0.4, -0.2) is 42.0 Å². The van der Waals surface area contributed by atoms with Crippen molar-refractivity contribution in [3.05, 3.63) is 64.8 Å². The minimum atomic E-state index is 0.0467. The summed E-state index contributed by atoms with van der Waals surface area (Å²) in [6.45, 7) is 5.15. The number of para-hydroxylation sites is 2. The molecule has 5 nitrogen and oxygen atoms in total. The Morgan fingerprint density at radius 1 is 1.12 bits per heavy atom. The van der Waals surface area contributed by atoms with Crippen molar-refractivity contribution >= 4 is 16.8 Å². The van der Waals surface area contributed by atoms with Crippen LogP contribution >= 0.6 is 0 Å². The number of carbonyl (C=O) groups excluding carboxylic acids is 1. The minimum Gasteiger partial charge on any atom is -0.496 e. The van der Waals surface area contributed by atoms with Gasteiger partial charge in [-0.3, -0.25) is 9.69 Å². The predicted octanol–water partition coefficient (Wildman–Crippen LogP) is 4.70. The smallest absolute Gasteiger partial charge is 0.253 e. The fraction of sp³-hybridized carbons (Fsp3) is 0.444. The summed E-state index contributed by atoms with van der Waals surface area (Å²) in [7, 11) is 1.72. The van der Waals surface area contributed by atoms with Gasteiger partial charge in [0.2, 0.25) is 0 Å². The van der Waals surface area contributed by atoms with Gasteiger partial charge in [0.05, 0.1) is 18.2 Å². The molecule has 1 aliphatic carbocycles. The molecule has 1 amide bonds. The number of benzene rings is 2. The number of fused-ring (bicyclic) bond motifs is 3. The molecule has 1 aromatic heterocycles. The molecule has 2 aliphatic rings. The third-order valence-corrected chi connectivity index (χ3v) is 7.22. The first kappa shape index (κ1) is 21.1. The molecule has 1 atom stereocenters. The molecule has 1 saturated heterocycles. The summed E-state index contributed by atoms with van der Waals surface area (Å²) >= 11 is 0. The summed E-state index contributed by atoms with van der Waals surface area (Å²) in [6, 6.07) is 14.6. The first-order chi connectivity index (χ1) is 15.6. The summed E-state index contributed by atoms with van der Waals surface area (Å²) in [6.07, 6.45) is 5.34. The van der Waals surface area contributed by atoms with Gasteiger partial charge in [0, 0.05) is 42.3 Å². The molecule has 2 aromatic carbocycles. The van der Waals surface area contributed by atoms with E-state index in [9.17, 15) is 4.79 Å². The molecule has 1 unspecified atom stereocenters. The quantitative estimate of drug-likeness (QED) is 0.616. The fourth-order valence-electron chi connectivity index (χ4n) is 5.38. The average molecular weight is 432 g/mol. The van der Waals surface area contributed by atoms with Gasteiger partial charge in [0.15, 0.2) is 0 Å². The molecule has 1 fully saturated rings. The molecule has 0 spiro atoms. The van der Waals surface area contributed by atoms with Crippen LogP contribution in [0.15, 0.2) is 42.5 Å². The van der Waals surface area contributed by atoms with E-state index in [-0.39, 0.29) is 11.9 Å². The van der Waals surface area contributed by atoms with E-state index in [1.165, 1.54) is 28.6 Å². The summed E-state index contributed by atoms with van der Waals surface area (Å²) in [5.74, 6) is 1.70. The van der Waals surface area contributed by atoms with E-state index in [0.29, 0.717) is 5.92 Å². The fourth-order valence-corrected chi connectivity index (χ4v) is 5.38. The number of methoxy groups -OCH3 is 1. The highest BCUT2D eigenvalue weighted by Gasteiger charge is 2.25. The number of likely N-dealkylation sites (tertiary alicyclic amines) is 1. The Morgan fingerprint density at radius 3 is 2.75 bits per heavy atom. The lowest BCUT2D eigenvalue weighted by molar-refractivity contribution is 0.0910. The van der Waals surface area contributed by atoms with Crippen molar-refractivity contribution in [1.82, 2.24) is 15.2 Å². The third kappa shape index (κ3) is 4.14. The second-order valence-corrected chi connectivity index (χ2v) is 9.49. The Labute approximate surface area is 190 Å². The molecule has 3 aromatic rings. The lowest BCUT2D eigenvalue weighted by Crippen LogP contribution is -2.44. The number of nitrogens with zero attached hydrogens (tertiary/aromatic N) is 1. The van der Waals surface area contributed by atoms with Gasteiger partial charge in [-0.25, -0.2) is 0 Å². The van der Waals surface area contributed by atoms with Crippen molar-refractivity contribution in [1.29, 1.82) is 0 Å². The van der Waals surface area contributed by atoms with Crippen LogP contribution in [0.2, 0.25) is 0 Å². The molecule has 1 aliphatic heterocycles. The Kier molecular flexibility index (Phi) is 5.92. The average Bonchev–Trinajstić information content (AvgIpc) is 3.18. The monoisotopic (exact) mass is 431 g/mol. The van der Waals surface area contributed by atoms with Gasteiger partial charge in [-0.2, -0.15) is 0 Å². The maximum absolute atomic E-state index is 13.2. The van der Waals surface area contributed by atoms with Crippen LogP contribution in [0.3, 0.4) is 0 Å². The Balaban J connectivity index is 1.23. The van der Waals surface area contributed by atoms with E-state index in [0.717, 1.165) is 62.1 Å². The van der Waals surface area contributed by atoms with Gasteiger partial charge < -0.3 is 15.0 Å². The molecule has 5 heteroatoms. The number of ether oxygens (including phenoxy) is 1. The first-order valence-corrected chi connectivity index (χ1v) is 11.9. The Hall–Kier alpha value is -2.79. The lowest BCUT2D eigenvalue weighted by Gasteiger charge is -2.32. The number of carbonyl (C=O) groups is 1. The number of H-pyrrole nitrogens is 1. The maximum atomic E-state index is 13.2. The van der Waals surface area contributed by atoms with Crippen molar-refractivity contribution < 1.29 is 9.53 Å². The summed E-state index contributed by atoms with van der Waals surface area (Å²) < 4.78 is 5.49. The number of rotatable bonds is 5. The minimum absolute atomic E-state index is 0.0467. The standard InChI is InChI=1S/C27H33N3O2/c1-18-10-11-24-23(16-18)21-7-5-8-22(26(21)29-24)27(31)28-20-12-14-30(15-13-20)17-19-6-3-4-9-25(19)32-2/h3-9,18,20,29H,10-17H2,1-2H3,(H,28,31). The highest BCUT2D eigenvalue weighted by molar-refractivity contribution is 6.07. The van der Waals surface area contributed by atoms with Crippen molar-refractivity contribution in [2.24, 2.45) is 5.92 Å². The maximum Gasteiger partial charge on any atom is 0.253 e. The lowest BCUT2D eigenvalue weighted by atomic mass is 9.87. The third-order valence-electron chi connectivity index (χ3n) is 7.22. The normalized spacial score (nSPS) is 19.6. The van der Waals surface area contributed by atoms with Crippen LogP contribution < -0.4 is 10.1 Å². The molecule has 5 rings (SSSR count). The van der Waals surface area contributed by atoms with Crippen molar-refractivity contribution in [3.8, 4) is 5.75 Å². The van der Waals surface area contributed by atoms with E-state index >= 15 is 0 Å². The van der Waals surface area contributed by atoms with Gasteiger partial charge in [0.1, 0.15) is 5.75 Å². The van der Waals surface area contributed by atoms with Crippen molar-refractivity contribution in [2.75, 3.05) is 20.2 Å². The number of aromatic nitrogens is 1. The SMILES string of the molecule is COc1ccccc1CN1CCC(NC(=O)c2cccc3c4c([nH]c23)CCC(C)C4)CC1. The zero-order chi connectivity index (χ0) is 22.1. The first-order valence-electron chi connectivity index (χ1n) is 11.9. The number of piperidine rings is 1. The highest BCUT2D eigenvalue weighted by atomic mass is 16.5. The van der Waals surface area contributed by atoms with Crippen molar-refractivity contribution in [2.45, 2.75) is 51.6 Å². The summed E-state index contributed by atoms with van der Waals surface area (Å²) in [5, 5.41) is 4.54. The van der Waals surface area contributed by atoms with E-state index < -0.39 is 0 Å². The topological polar surface area (TPSA) is 57.4 Å². The summed E-state index contributed by atoms with van der Waals surface area (Å²) in [4.78, 5) is 19.2. The molecular formula is C27H33N3O2. The van der Waals surface area contributed by atoms with E-state index in [4.69, 9.17) is 4.74 Å². The summed E-state index contributed by atoms with van der Waals surface area (Å²) in [5.41, 5.74) is 5.74. The molecule has 2 heterocycles. The van der Waals surface area contributed by atoms with Crippen LogP contribution in [0.4, 0.5) is 0 Å². The number of hydrogen-bond donors (Lipinski definition) is 2. The van der Waals surface area contributed by atoms with Gasteiger partial charge >= 0.3 is 0 Å². The number of nitrogens with one attached hydrogen (secondary N) is 2. The van der Waals surface area contributed by atoms with Crippen LogP contribution in [0.25, 0.3) is 10.9 Å². The molecule has 2 N–H and O–H groups in total. The zero-order valence-corrected chi connectivity index (χ0v) is 19.1. The molecular weight excluding hydrogens is 398 g/mol. The Morgan fingerprint density at radius 2 is 1.94 bits per heavy atom. The second-order valence-electron chi connectivity index (χ2n) is 9.49. The Bertz CT molecular complexity index is 1110. The van der Waals surface area contributed by atoms with Crippen LogP contribution in [-0.2, 0) is 19.4 Å². The van der Waals surface area contributed by atoms with Gasteiger partial charge in [-0.05, 0) is 55.7 Å².